The van der Waals surface area contributed by atoms with Crippen LogP contribution >= 0.6 is 11.3 Å². The third kappa shape index (κ3) is 3.73. The van der Waals surface area contributed by atoms with E-state index in [0.717, 1.165) is 13.1 Å². The Kier molecular flexibility index (Phi) is 5.57. The Morgan fingerprint density at radius 1 is 1.14 bits per heavy atom. The highest BCUT2D eigenvalue weighted by atomic mass is 32.1. The van der Waals surface area contributed by atoms with Crippen LogP contribution in [0, 0.1) is 20.8 Å². The summed E-state index contributed by atoms with van der Waals surface area (Å²) < 4.78 is 0. The molecule has 0 bridgehead atoms. The maximum absolute atomic E-state index is 6.13. The summed E-state index contributed by atoms with van der Waals surface area (Å²) in [6.45, 7) is 11.4. The fourth-order valence-corrected chi connectivity index (χ4v) is 3.59. The van der Waals surface area contributed by atoms with E-state index in [0.29, 0.717) is 6.54 Å². The molecule has 0 aliphatic rings. The van der Waals surface area contributed by atoms with Gasteiger partial charge in [-0.1, -0.05) is 25.1 Å². The maximum atomic E-state index is 6.13. The van der Waals surface area contributed by atoms with Gasteiger partial charge in [0.05, 0.1) is 0 Å². The molecule has 0 saturated heterocycles. The van der Waals surface area contributed by atoms with Crippen LogP contribution in [0.5, 0.6) is 0 Å². The average molecular weight is 302 g/mol. The summed E-state index contributed by atoms with van der Waals surface area (Å²) in [5.74, 6) is 0. The maximum Gasteiger partial charge on any atom is 0.0476 e. The summed E-state index contributed by atoms with van der Waals surface area (Å²) in [4.78, 5) is 3.87. The Morgan fingerprint density at radius 2 is 1.86 bits per heavy atom. The van der Waals surface area contributed by atoms with Gasteiger partial charge in [0, 0.05) is 24.0 Å². The van der Waals surface area contributed by atoms with Gasteiger partial charge in [-0.05, 0) is 61.0 Å². The zero-order chi connectivity index (χ0) is 15.4. The molecule has 2 rings (SSSR count). The molecule has 0 fully saturated rings. The van der Waals surface area contributed by atoms with E-state index in [2.05, 4.69) is 62.2 Å². The molecule has 1 atom stereocenters. The Bertz CT molecular complexity index is 575. The number of benzene rings is 1. The molecule has 0 spiro atoms. The van der Waals surface area contributed by atoms with Gasteiger partial charge in [0.15, 0.2) is 0 Å². The Hall–Kier alpha value is -1.16. The molecule has 0 amide bonds. The third-order valence-corrected chi connectivity index (χ3v) is 5.11. The minimum Gasteiger partial charge on any atom is -0.329 e. The molecule has 1 unspecified atom stereocenters. The first-order chi connectivity index (χ1) is 10.1. The summed E-state index contributed by atoms with van der Waals surface area (Å²) >= 11 is 1.82. The second-order valence-electron chi connectivity index (χ2n) is 5.69. The second-order valence-corrected chi connectivity index (χ2v) is 6.72. The summed E-state index contributed by atoms with van der Waals surface area (Å²) in [6, 6.07) is 9.21. The van der Waals surface area contributed by atoms with Crippen molar-refractivity contribution in [3.8, 4) is 0 Å². The fourth-order valence-electron chi connectivity index (χ4n) is 2.86. The highest BCUT2D eigenvalue weighted by Gasteiger charge is 2.20. The molecule has 0 aliphatic heterocycles. The van der Waals surface area contributed by atoms with E-state index in [1.165, 1.54) is 27.1 Å². The number of hydrogen-bond acceptors (Lipinski definition) is 3. The lowest BCUT2D eigenvalue weighted by molar-refractivity contribution is 0.204. The van der Waals surface area contributed by atoms with Gasteiger partial charge in [0.2, 0.25) is 0 Å². The fraction of sp³-hybridized carbons (Fsp3) is 0.444. The van der Waals surface area contributed by atoms with Crippen LogP contribution in [-0.2, 0) is 6.54 Å². The molecule has 2 nitrogen and oxygen atoms in total. The normalized spacial score (nSPS) is 12.9. The minimum atomic E-state index is 0.288. The van der Waals surface area contributed by atoms with Crippen LogP contribution < -0.4 is 5.73 Å². The van der Waals surface area contributed by atoms with Crippen molar-refractivity contribution >= 4 is 11.3 Å². The molecular weight excluding hydrogens is 276 g/mol. The molecule has 114 valence electrons. The summed E-state index contributed by atoms with van der Waals surface area (Å²) in [7, 11) is 0. The number of likely N-dealkylation sites (N-methyl/N-ethyl adjacent to an activating group) is 1. The van der Waals surface area contributed by atoms with Gasteiger partial charge in [0.25, 0.3) is 0 Å². The van der Waals surface area contributed by atoms with Crippen LogP contribution in [0.3, 0.4) is 0 Å². The average Bonchev–Trinajstić information content (AvgIpc) is 2.96. The zero-order valence-corrected chi connectivity index (χ0v) is 14.3. The molecule has 0 saturated carbocycles. The molecule has 1 heterocycles. The van der Waals surface area contributed by atoms with E-state index in [4.69, 9.17) is 5.73 Å². The number of aryl methyl sites for hydroxylation is 3. The Balaban J connectivity index is 2.30. The van der Waals surface area contributed by atoms with E-state index in [-0.39, 0.29) is 6.04 Å². The van der Waals surface area contributed by atoms with Gasteiger partial charge >= 0.3 is 0 Å². The predicted octanol–water partition coefficient (Wildman–Crippen LogP) is 4.20. The van der Waals surface area contributed by atoms with Crippen molar-refractivity contribution in [2.75, 3.05) is 13.1 Å². The van der Waals surface area contributed by atoms with Crippen LogP contribution in [0.1, 0.15) is 40.1 Å². The van der Waals surface area contributed by atoms with Crippen LogP contribution in [0.4, 0.5) is 0 Å². The van der Waals surface area contributed by atoms with Crippen molar-refractivity contribution < 1.29 is 0 Å². The molecule has 21 heavy (non-hydrogen) atoms. The highest BCUT2D eigenvalue weighted by molar-refractivity contribution is 7.09. The lowest BCUT2D eigenvalue weighted by Gasteiger charge is -2.31. The van der Waals surface area contributed by atoms with E-state index < -0.39 is 0 Å². The van der Waals surface area contributed by atoms with Crippen molar-refractivity contribution in [3.63, 3.8) is 0 Å². The minimum absolute atomic E-state index is 0.288. The SMILES string of the molecule is CCN(Cc1cccs1)C(CN)c1cc(C)c(C)cc1C. The largest absolute Gasteiger partial charge is 0.329 e. The first-order valence-electron chi connectivity index (χ1n) is 7.61. The summed E-state index contributed by atoms with van der Waals surface area (Å²) in [5, 5.41) is 2.14. The van der Waals surface area contributed by atoms with Gasteiger partial charge < -0.3 is 5.73 Å². The Labute approximate surface area is 132 Å². The monoisotopic (exact) mass is 302 g/mol. The lowest BCUT2D eigenvalue weighted by atomic mass is 9.94. The number of thiophene rings is 1. The number of hydrogen-bond donors (Lipinski definition) is 1. The molecule has 2 N–H and O–H groups in total. The van der Waals surface area contributed by atoms with Gasteiger partial charge in [-0.25, -0.2) is 0 Å². The topological polar surface area (TPSA) is 29.3 Å². The quantitative estimate of drug-likeness (QED) is 0.866. The van der Waals surface area contributed by atoms with E-state index in [1.54, 1.807) is 0 Å². The van der Waals surface area contributed by atoms with Gasteiger partial charge in [-0.2, -0.15) is 0 Å². The summed E-state index contributed by atoms with van der Waals surface area (Å²) in [5.41, 5.74) is 11.6. The van der Waals surface area contributed by atoms with Crippen LogP contribution in [0.25, 0.3) is 0 Å². The Morgan fingerprint density at radius 3 is 2.43 bits per heavy atom. The molecule has 0 radical (unpaired) electrons. The van der Waals surface area contributed by atoms with Crippen molar-refractivity contribution in [2.45, 2.75) is 40.3 Å². The molecule has 2 aromatic rings. The van der Waals surface area contributed by atoms with E-state index >= 15 is 0 Å². The number of nitrogens with zero attached hydrogens (tertiary/aromatic N) is 1. The van der Waals surface area contributed by atoms with Crippen molar-refractivity contribution in [3.05, 3.63) is 56.8 Å². The molecule has 0 aliphatic carbocycles. The first kappa shape index (κ1) is 16.2. The van der Waals surface area contributed by atoms with Gasteiger partial charge in [-0.15, -0.1) is 11.3 Å². The first-order valence-corrected chi connectivity index (χ1v) is 8.49. The summed E-state index contributed by atoms with van der Waals surface area (Å²) in [6.07, 6.45) is 0. The molecule has 3 heteroatoms. The third-order valence-electron chi connectivity index (χ3n) is 4.25. The van der Waals surface area contributed by atoms with E-state index in [1.807, 2.05) is 11.3 Å². The van der Waals surface area contributed by atoms with Crippen molar-refractivity contribution in [2.24, 2.45) is 5.73 Å². The van der Waals surface area contributed by atoms with Crippen molar-refractivity contribution in [1.29, 1.82) is 0 Å². The van der Waals surface area contributed by atoms with Gasteiger partial charge in [-0.3, -0.25) is 4.90 Å². The van der Waals surface area contributed by atoms with Crippen LogP contribution in [0.2, 0.25) is 0 Å². The lowest BCUT2D eigenvalue weighted by Crippen LogP contribution is -2.33. The second kappa shape index (κ2) is 7.21. The molecule has 1 aromatic carbocycles. The highest BCUT2D eigenvalue weighted by Crippen LogP contribution is 2.27. The number of nitrogens with two attached hydrogens (primary N) is 1. The molecule has 1 aromatic heterocycles. The standard InChI is InChI=1S/C18H26N2S/c1-5-20(12-16-7-6-8-21-16)18(11-19)17-10-14(3)13(2)9-15(17)4/h6-10,18H,5,11-12,19H2,1-4H3. The van der Waals surface area contributed by atoms with Crippen LogP contribution in [-0.4, -0.2) is 18.0 Å². The predicted molar refractivity (Wildman–Crippen MR) is 92.9 cm³/mol. The van der Waals surface area contributed by atoms with Crippen molar-refractivity contribution in [1.82, 2.24) is 4.90 Å². The van der Waals surface area contributed by atoms with Gasteiger partial charge in [0.1, 0.15) is 0 Å². The smallest absolute Gasteiger partial charge is 0.0476 e. The molecular formula is C18H26N2S. The van der Waals surface area contributed by atoms with E-state index in [9.17, 15) is 0 Å². The van der Waals surface area contributed by atoms with Crippen LogP contribution in [0.15, 0.2) is 29.6 Å². The number of rotatable bonds is 6. The zero-order valence-electron chi connectivity index (χ0n) is 13.5.